The van der Waals surface area contributed by atoms with Gasteiger partial charge < -0.3 is 10.4 Å². The van der Waals surface area contributed by atoms with E-state index in [9.17, 15) is 9.90 Å². The van der Waals surface area contributed by atoms with E-state index in [1.165, 1.54) is 16.7 Å². The van der Waals surface area contributed by atoms with Crippen molar-refractivity contribution >= 4 is 5.97 Å². The minimum atomic E-state index is -0.744. The number of hydrogen-bond acceptors (Lipinski definition) is 3. The molecule has 0 aliphatic carbocycles. The molecule has 0 radical (unpaired) electrons. The first-order valence-corrected chi connectivity index (χ1v) is 6.31. The van der Waals surface area contributed by atoms with Gasteiger partial charge in [0, 0.05) is 26.2 Å². The van der Waals surface area contributed by atoms with E-state index in [0.717, 1.165) is 13.1 Å². The lowest BCUT2D eigenvalue weighted by atomic mass is 10.0. The first-order valence-electron chi connectivity index (χ1n) is 6.31. The van der Waals surface area contributed by atoms with E-state index in [-0.39, 0.29) is 0 Å². The molecule has 0 aromatic heterocycles. The third-order valence-corrected chi connectivity index (χ3v) is 3.60. The van der Waals surface area contributed by atoms with E-state index in [1.807, 2.05) is 4.90 Å². The molecule has 4 nitrogen and oxygen atoms in total. The molecule has 1 aromatic carbocycles. The molecule has 1 aliphatic rings. The molecule has 98 valence electrons. The van der Waals surface area contributed by atoms with Crippen molar-refractivity contribution in [2.75, 3.05) is 19.6 Å². The highest BCUT2D eigenvalue weighted by molar-refractivity contribution is 5.74. The van der Waals surface area contributed by atoms with Gasteiger partial charge in [0.15, 0.2) is 0 Å². The lowest BCUT2D eigenvalue weighted by Gasteiger charge is -2.33. The second kappa shape index (κ2) is 5.50. The average molecular weight is 248 g/mol. The summed E-state index contributed by atoms with van der Waals surface area (Å²) >= 11 is 0. The predicted octanol–water partition coefficient (Wildman–Crippen LogP) is 1.16. The van der Waals surface area contributed by atoms with Crippen molar-refractivity contribution in [2.45, 2.75) is 26.4 Å². The lowest BCUT2D eigenvalue weighted by molar-refractivity contribution is -0.144. The molecule has 0 spiro atoms. The fourth-order valence-electron chi connectivity index (χ4n) is 2.32. The molecule has 2 rings (SSSR count). The molecule has 18 heavy (non-hydrogen) atoms. The maximum absolute atomic E-state index is 11.2. The number of rotatable bonds is 3. The van der Waals surface area contributed by atoms with E-state index in [0.29, 0.717) is 13.1 Å². The number of aliphatic carboxylic acids is 1. The maximum atomic E-state index is 11.2. The number of piperazine rings is 1. The van der Waals surface area contributed by atoms with E-state index >= 15 is 0 Å². The normalized spacial score (nSPS) is 20.9. The van der Waals surface area contributed by atoms with Crippen molar-refractivity contribution in [1.29, 1.82) is 0 Å². The van der Waals surface area contributed by atoms with Gasteiger partial charge >= 0.3 is 5.97 Å². The van der Waals surface area contributed by atoms with Crippen LogP contribution in [0.2, 0.25) is 0 Å². The monoisotopic (exact) mass is 248 g/mol. The molecule has 0 saturated carbocycles. The standard InChI is InChI=1S/C14H20N2O2/c1-10-3-4-12(7-11(10)2)9-16-6-5-15-8-13(16)14(17)18/h3-4,7,13,15H,5-6,8-9H2,1-2H3,(H,17,18). The van der Waals surface area contributed by atoms with Crippen molar-refractivity contribution < 1.29 is 9.90 Å². The Bertz CT molecular complexity index is 445. The molecule has 1 saturated heterocycles. The Labute approximate surface area is 108 Å². The number of hydrogen-bond donors (Lipinski definition) is 2. The fraction of sp³-hybridized carbons (Fsp3) is 0.500. The molecule has 1 heterocycles. The van der Waals surface area contributed by atoms with Gasteiger partial charge in [0.1, 0.15) is 6.04 Å². The van der Waals surface area contributed by atoms with Crippen LogP contribution in [0.3, 0.4) is 0 Å². The summed E-state index contributed by atoms with van der Waals surface area (Å²) in [4.78, 5) is 13.2. The summed E-state index contributed by atoms with van der Waals surface area (Å²) in [7, 11) is 0. The van der Waals surface area contributed by atoms with Crippen LogP contribution >= 0.6 is 0 Å². The Morgan fingerprint density at radius 3 is 2.89 bits per heavy atom. The van der Waals surface area contributed by atoms with Crippen LogP contribution in [0.5, 0.6) is 0 Å². The van der Waals surface area contributed by atoms with E-state index in [2.05, 4.69) is 37.4 Å². The Morgan fingerprint density at radius 1 is 1.44 bits per heavy atom. The van der Waals surface area contributed by atoms with Crippen molar-refractivity contribution in [3.63, 3.8) is 0 Å². The fourth-order valence-corrected chi connectivity index (χ4v) is 2.32. The van der Waals surface area contributed by atoms with Crippen molar-refractivity contribution in [3.8, 4) is 0 Å². The second-order valence-corrected chi connectivity index (χ2v) is 4.95. The summed E-state index contributed by atoms with van der Waals surface area (Å²) in [6.07, 6.45) is 0. The molecule has 4 heteroatoms. The van der Waals surface area contributed by atoms with Crippen LogP contribution in [-0.4, -0.2) is 41.7 Å². The van der Waals surface area contributed by atoms with Crippen LogP contribution in [0, 0.1) is 13.8 Å². The Balaban J connectivity index is 2.10. The third-order valence-electron chi connectivity index (χ3n) is 3.60. The number of carboxylic acids is 1. The van der Waals surface area contributed by atoms with Crippen LogP contribution in [0.15, 0.2) is 18.2 Å². The van der Waals surface area contributed by atoms with Crippen LogP contribution in [-0.2, 0) is 11.3 Å². The number of carbonyl (C=O) groups is 1. The van der Waals surface area contributed by atoms with Gasteiger partial charge in [0.05, 0.1) is 0 Å². The molecule has 1 aromatic rings. The molecule has 1 fully saturated rings. The molecule has 0 bridgehead atoms. The first-order chi connectivity index (χ1) is 8.58. The Morgan fingerprint density at radius 2 is 2.22 bits per heavy atom. The van der Waals surface area contributed by atoms with Crippen molar-refractivity contribution in [1.82, 2.24) is 10.2 Å². The summed E-state index contributed by atoms with van der Waals surface area (Å²) in [5.41, 5.74) is 3.72. The number of nitrogens with one attached hydrogen (secondary N) is 1. The molecular formula is C14H20N2O2. The number of nitrogens with zero attached hydrogens (tertiary/aromatic N) is 1. The van der Waals surface area contributed by atoms with Crippen molar-refractivity contribution in [3.05, 3.63) is 34.9 Å². The largest absolute Gasteiger partial charge is 0.480 e. The number of aryl methyl sites for hydroxylation is 2. The van der Waals surface area contributed by atoms with Crippen LogP contribution in [0.25, 0.3) is 0 Å². The van der Waals surface area contributed by atoms with Gasteiger partial charge in [-0.25, -0.2) is 0 Å². The van der Waals surface area contributed by atoms with E-state index in [4.69, 9.17) is 0 Å². The number of carboxylic acid groups (broad SMARTS) is 1. The third kappa shape index (κ3) is 2.89. The summed E-state index contributed by atoms with van der Waals surface area (Å²) in [5, 5.41) is 12.3. The highest BCUT2D eigenvalue weighted by Crippen LogP contribution is 2.14. The molecule has 0 amide bonds. The SMILES string of the molecule is Cc1ccc(CN2CCNCC2C(=O)O)cc1C. The lowest BCUT2D eigenvalue weighted by Crippen LogP contribution is -2.54. The van der Waals surface area contributed by atoms with E-state index in [1.54, 1.807) is 0 Å². The zero-order chi connectivity index (χ0) is 13.1. The molecule has 1 atom stereocenters. The summed E-state index contributed by atoms with van der Waals surface area (Å²) in [6, 6.07) is 5.92. The first kappa shape index (κ1) is 13.1. The molecular weight excluding hydrogens is 228 g/mol. The number of benzene rings is 1. The van der Waals surface area contributed by atoms with Crippen LogP contribution in [0.1, 0.15) is 16.7 Å². The quantitative estimate of drug-likeness (QED) is 0.843. The van der Waals surface area contributed by atoms with Gasteiger partial charge in [-0.2, -0.15) is 0 Å². The highest BCUT2D eigenvalue weighted by Gasteiger charge is 2.28. The van der Waals surface area contributed by atoms with Gasteiger partial charge in [0.2, 0.25) is 0 Å². The van der Waals surface area contributed by atoms with Crippen molar-refractivity contribution in [2.24, 2.45) is 0 Å². The zero-order valence-corrected chi connectivity index (χ0v) is 10.9. The second-order valence-electron chi connectivity index (χ2n) is 4.95. The van der Waals surface area contributed by atoms with E-state index < -0.39 is 12.0 Å². The van der Waals surface area contributed by atoms with Crippen LogP contribution < -0.4 is 5.32 Å². The molecule has 1 aliphatic heterocycles. The average Bonchev–Trinajstić information content (AvgIpc) is 2.34. The Kier molecular flexibility index (Phi) is 3.99. The topological polar surface area (TPSA) is 52.6 Å². The van der Waals surface area contributed by atoms with Gasteiger partial charge in [-0.1, -0.05) is 18.2 Å². The van der Waals surface area contributed by atoms with Gasteiger partial charge in [-0.3, -0.25) is 9.69 Å². The maximum Gasteiger partial charge on any atom is 0.322 e. The highest BCUT2D eigenvalue weighted by atomic mass is 16.4. The predicted molar refractivity (Wildman–Crippen MR) is 70.6 cm³/mol. The minimum absolute atomic E-state index is 0.416. The van der Waals surface area contributed by atoms with Gasteiger partial charge in [0.25, 0.3) is 0 Å². The molecule has 2 N–H and O–H groups in total. The minimum Gasteiger partial charge on any atom is -0.480 e. The zero-order valence-electron chi connectivity index (χ0n) is 10.9. The molecule has 1 unspecified atom stereocenters. The van der Waals surface area contributed by atoms with Gasteiger partial charge in [-0.15, -0.1) is 0 Å². The van der Waals surface area contributed by atoms with Crippen LogP contribution in [0.4, 0.5) is 0 Å². The van der Waals surface area contributed by atoms with Gasteiger partial charge in [-0.05, 0) is 30.5 Å². The summed E-state index contributed by atoms with van der Waals surface area (Å²) in [5.74, 6) is -0.744. The smallest absolute Gasteiger partial charge is 0.322 e. The summed E-state index contributed by atoms with van der Waals surface area (Å²) < 4.78 is 0. The summed E-state index contributed by atoms with van der Waals surface area (Å²) in [6.45, 7) is 7.05. The Hall–Kier alpha value is -1.39.